The highest BCUT2D eigenvalue weighted by Gasteiger charge is 2.12. The second-order valence-electron chi connectivity index (χ2n) is 3.51. The van der Waals surface area contributed by atoms with Crippen LogP contribution in [0.5, 0.6) is 0 Å². The van der Waals surface area contributed by atoms with E-state index < -0.39 is 0 Å². The zero-order chi connectivity index (χ0) is 13.4. The summed E-state index contributed by atoms with van der Waals surface area (Å²) in [4.78, 5) is 6.46. The van der Waals surface area contributed by atoms with Crippen LogP contribution in [-0.2, 0) is 4.74 Å². The van der Waals surface area contributed by atoms with Crippen molar-refractivity contribution in [2.45, 2.75) is 13.8 Å². The number of ether oxygens (including phenoxy) is 1. The van der Waals surface area contributed by atoms with Crippen molar-refractivity contribution in [1.29, 1.82) is 0 Å². The monoisotopic (exact) mass is 254 g/mol. The zero-order valence-electron chi connectivity index (χ0n) is 11.3. The van der Waals surface area contributed by atoms with Crippen LogP contribution >= 0.6 is 0 Å². The van der Waals surface area contributed by atoms with Crippen molar-refractivity contribution in [2.75, 3.05) is 43.4 Å². The maximum absolute atomic E-state index is 9.38. The highest BCUT2D eigenvalue weighted by Crippen LogP contribution is 2.16. The number of hydrogen-bond acceptors (Lipinski definition) is 6. The minimum absolute atomic E-state index is 0.611. The van der Waals surface area contributed by atoms with Crippen molar-refractivity contribution in [3.05, 3.63) is 18.3 Å². The third-order valence-corrected chi connectivity index (χ3v) is 2.52. The molecule has 1 aliphatic heterocycles. The fraction of sp³-hybridized carbons (Fsp3) is 0.583. The molecule has 2 rings (SSSR count). The van der Waals surface area contributed by atoms with Crippen LogP contribution in [0.2, 0.25) is 0 Å². The van der Waals surface area contributed by atoms with E-state index >= 15 is 0 Å². The Bertz CT molecular complexity index is 325. The third kappa shape index (κ3) is 3.83. The van der Waals surface area contributed by atoms with Gasteiger partial charge >= 0.3 is 0 Å². The summed E-state index contributed by atoms with van der Waals surface area (Å²) in [6.07, 6.45) is 1.63. The average molecular weight is 254 g/mol. The van der Waals surface area contributed by atoms with Crippen molar-refractivity contribution in [2.24, 2.45) is 0 Å². The van der Waals surface area contributed by atoms with Crippen molar-refractivity contribution in [1.82, 2.24) is 10.4 Å². The lowest BCUT2D eigenvalue weighted by atomic mass is 10.3. The molecule has 0 aliphatic carbocycles. The molecule has 0 amide bonds. The first-order valence-corrected chi connectivity index (χ1v) is 6.26. The molecular formula is C12H22N4O2. The molecule has 6 nitrogen and oxygen atoms in total. The summed E-state index contributed by atoms with van der Waals surface area (Å²) in [6.45, 7) is 7.21. The molecule has 2 N–H and O–H groups in total. The van der Waals surface area contributed by atoms with Crippen molar-refractivity contribution in [3.63, 3.8) is 0 Å². The Labute approximate surface area is 108 Å². The van der Waals surface area contributed by atoms with Crippen LogP contribution < -0.4 is 15.5 Å². The van der Waals surface area contributed by atoms with Gasteiger partial charge in [-0.25, -0.2) is 10.4 Å². The first-order chi connectivity index (χ1) is 8.81. The SMILES string of the molecule is CC.CNN(O)c1ccc(N2CCOCC2)nc1. The quantitative estimate of drug-likeness (QED) is 0.792. The maximum Gasteiger partial charge on any atom is 0.128 e. The topological polar surface area (TPSA) is 60.9 Å². The zero-order valence-corrected chi connectivity index (χ0v) is 11.3. The normalized spacial score (nSPS) is 14.8. The molecule has 1 aromatic heterocycles. The van der Waals surface area contributed by atoms with Crippen molar-refractivity contribution >= 4 is 11.5 Å². The second kappa shape index (κ2) is 7.86. The van der Waals surface area contributed by atoms with E-state index in [1.54, 1.807) is 13.2 Å². The summed E-state index contributed by atoms with van der Waals surface area (Å²) in [5, 5.41) is 10.3. The van der Waals surface area contributed by atoms with Gasteiger partial charge in [-0.15, -0.1) is 0 Å². The van der Waals surface area contributed by atoms with Crippen LogP contribution in [0.3, 0.4) is 0 Å². The van der Waals surface area contributed by atoms with E-state index in [0.717, 1.165) is 37.3 Å². The molecule has 102 valence electrons. The van der Waals surface area contributed by atoms with Gasteiger partial charge in [0.05, 0.1) is 19.4 Å². The van der Waals surface area contributed by atoms with Gasteiger partial charge in [-0.2, -0.15) is 5.17 Å². The molecule has 18 heavy (non-hydrogen) atoms. The van der Waals surface area contributed by atoms with Crippen LogP contribution in [0.15, 0.2) is 18.3 Å². The molecule has 0 bridgehead atoms. The van der Waals surface area contributed by atoms with Gasteiger partial charge in [0.2, 0.25) is 0 Å². The van der Waals surface area contributed by atoms with Gasteiger partial charge in [-0.1, -0.05) is 13.8 Å². The van der Waals surface area contributed by atoms with Gasteiger partial charge in [0.1, 0.15) is 11.5 Å². The van der Waals surface area contributed by atoms with Gasteiger partial charge in [0.25, 0.3) is 0 Å². The molecular weight excluding hydrogens is 232 g/mol. The molecule has 0 unspecified atom stereocenters. The fourth-order valence-corrected chi connectivity index (χ4v) is 1.61. The van der Waals surface area contributed by atoms with Gasteiger partial charge < -0.3 is 9.64 Å². The average Bonchev–Trinajstić information content (AvgIpc) is 2.49. The van der Waals surface area contributed by atoms with Gasteiger partial charge in [0, 0.05) is 20.1 Å². The Morgan fingerprint density at radius 1 is 1.33 bits per heavy atom. The summed E-state index contributed by atoms with van der Waals surface area (Å²) in [7, 11) is 1.63. The Balaban J connectivity index is 0.000000771. The fourth-order valence-electron chi connectivity index (χ4n) is 1.61. The van der Waals surface area contributed by atoms with Gasteiger partial charge in [-0.3, -0.25) is 5.21 Å². The van der Waals surface area contributed by atoms with E-state index in [-0.39, 0.29) is 0 Å². The summed E-state index contributed by atoms with van der Waals surface area (Å²) in [5.74, 6) is 0.913. The summed E-state index contributed by atoms with van der Waals surface area (Å²) < 4.78 is 5.27. The largest absolute Gasteiger partial charge is 0.378 e. The van der Waals surface area contributed by atoms with E-state index in [4.69, 9.17) is 4.74 Å². The molecule has 0 spiro atoms. The van der Waals surface area contributed by atoms with E-state index in [1.165, 1.54) is 0 Å². The lowest BCUT2D eigenvalue weighted by molar-refractivity contribution is 0.122. The maximum atomic E-state index is 9.38. The minimum atomic E-state index is 0.611. The predicted molar refractivity (Wildman–Crippen MR) is 71.9 cm³/mol. The Morgan fingerprint density at radius 3 is 2.50 bits per heavy atom. The number of hydrogen-bond donors (Lipinski definition) is 2. The lowest BCUT2D eigenvalue weighted by Gasteiger charge is -2.28. The molecule has 1 saturated heterocycles. The number of anilines is 2. The summed E-state index contributed by atoms with van der Waals surface area (Å²) >= 11 is 0. The number of nitrogens with zero attached hydrogens (tertiary/aromatic N) is 3. The first-order valence-electron chi connectivity index (χ1n) is 6.26. The third-order valence-electron chi connectivity index (χ3n) is 2.52. The Hall–Kier alpha value is -1.37. The van der Waals surface area contributed by atoms with Crippen LogP contribution in [0.25, 0.3) is 0 Å². The Morgan fingerprint density at radius 2 is 2.00 bits per heavy atom. The van der Waals surface area contributed by atoms with E-state index in [9.17, 15) is 5.21 Å². The molecule has 0 aromatic carbocycles. The molecule has 0 saturated carbocycles. The smallest absolute Gasteiger partial charge is 0.128 e. The van der Waals surface area contributed by atoms with E-state index in [0.29, 0.717) is 5.69 Å². The van der Waals surface area contributed by atoms with Crippen molar-refractivity contribution in [3.8, 4) is 0 Å². The predicted octanol–water partition coefficient (Wildman–Crippen LogP) is 1.27. The van der Waals surface area contributed by atoms with Crippen LogP contribution in [0.1, 0.15) is 13.8 Å². The van der Waals surface area contributed by atoms with Crippen LogP contribution in [-0.4, -0.2) is 43.5 Å². The Kier molecular flexibility index (Phi) is 6.42. The number of aromatic nitrogens is 1. The van der Waals surface area contributed by atoms with Crippen LogP contribution in [0, 0.1) is 0 Å². The molecule has 1 aromatic rings. The lowest BCUT2D eigenvalue weighted by Crippen LogP contribution is -2.37. The number of nitrogens with one attached hydrogen (secondary N) is 1. The molecule has 0 radical (unpaired) electrons. The van der Waals surface area contributed by atoms with E-state index in [2.05, 4.69) is 15.3 Å². The number of hydrazine groups is 1. The standard InChI is InChI=1S/C10H16N4O2.C2H6/c1-11-14(15)9-2-3-10(12-8-9)13-4-6-16-7-5-13;1-2/h2-3,8,11,15H,4-7H2,1H3;1-2H3. The van der Waals surface area contributed by atoms with Crippen molar-refractivity contribution < 1.29 is 9.94 Å². The number of rotatable bonds is 3. The summed E-state index contributed by atoms with van der Waals surface area (Å²) in [6, 6.07) is 3.70. The molecule has 1 aliphatic rings. The first kappa shape index (κ1) is 14.7. The highest BCUT2D eigenvalue weighted by molar-refractivity contribution is 5.48. The number of pyridine rings is 1. The summed E-state index contributed by atoms with van der Waals surface area (Å²) in [5.41, 5.74) is 3.21. The molecule has 6 heteroatoms. The number of morpholine rings is 1. The minimum Gasteiger partial charge on any atom is -0.378 e. The molecule has 0 atom stereocenters. The highest BCUT2D eigenvalue weighted by atomic mass is 16.5. The second-order valence-corrected chi connectivity index (χ2v) is 3.51. The van der Waals surface area contributed by atoms with Gasteiger partial charge in [-0.05, 0) is 12.1 Å². The molecule has 1 fully saturated rings. The molecule has 2 heterocycles. The van der Waals surface area contributed by atoms with Crippen LogP contribution in [0.4, 0.5) is 11.5 Å². The van der Waals surface area contributed by atoms with Gasteiger partial charge in [0.15, 0.2) is 0 Å². The van der Waals surface area contributed by atoms with E-state index in [1.807, 2.05) is 26.0 Å².